The van der Waals surface area contributed by atoms with Gasteiger partial charge in [0.2, 0.25) is 5.91 Å². The number of para-hydroxylation sites is 1. The third-order valence-corrected chi connectivity index (χ3v) is 6.68. The number of carbonyl (C=O) groups is 1. The number of hydrogen-bond acceptors (Lipinski definition) is 6. The fourth-order valence-corrected chi connectivity index (χ4v) is 4.94. The number of aromatic nitrogens is 2. The van der Waals surface area contributed by atoms with Crippen molar-refractivity contribution in [3.05, 3.63) is 41.5 Å². The molecule has 2 rings (SSSR count). The van der Waals surface area contributed by atoms with E-state index >= 15 is 0 Å². The summed E-state index contributed by atoms with van der Waals surface area (Å²) < 4.78 is 1.71. The molecule has 0 aliphatic rings. The van der Waals surface area contributed by atoms with Crippen LogP contribution in [0.3, 0.4) is 0 Å². The van der Waals surface area contributed by atoms with Gasteiger partial charge in [0.15, 0.2) is 8.68 Å². The molecule has 0 radical (unpaired) electrons. The highest BCUT2D eigenvalue weighted by molar-refractivity contribution is 8.04. The standard InChI is InChI=1S/C17H21N3OS3/c1-10(2)9-22-16-19-20-17(24-16)23-13(5)15(21)18-14-11(3)7-6-8-12(14)4/h6-8,13H,1,9H2,2-5H3,(H,18,21)/t13-/m0/s1. The van der Waals surface area contributed by atoms with Gasteiger partial charge in [-0.25, -0.2) is 0 Å². The van der Waals surface area contributed by atoms with Gasteiger partial charge in [0.25, 0.3) is 0 Å². The number of nitrogens with zero attached hydrogens (tertiary/aromatic N) is 2. The number of hydrogen-bond donors (Lipinski definition) is 1. The van der Waals surface area contributed by atoms with Crippen LogP contribution in [0.25, 0.3) is 0 Å². The normalized spacial score (nSPS) is 12.0. The number of benzene rings is 1. The monoisotopic (exact) mass is 379 g/mol. The van der Waals surface area contributed by atoms with Gasteiger partial charge in [-0.1, -0.05) is 65.2 Å². The third-order valence-electron chi connectivity index (χ3n) is 3.21. The molecule has 0 fully saturated rings. The summed E-state index contributed by atoms with van der Waals surface area (Å²) in [6, 6.07) is 5.98. The van der Waals surface area contributed by atoms with Crippen LogP contribution in [0.1, 0.15) is 25.0 Å². The topological polar surface area (TPSA) is 54.9 Å². The Morgan fingerprint density at radius 1 is 1.29 bits per heavy atom. The molecule has 0 aliphatic heterocycles. The zero-order valence-corrected chi connectivity index (χ0v) is 16.7. The van der Waals surface area contributed by atoms with Gasteiger partial charge in [-0.05, 0) is 38.8 Å². The summed E-state index contributed by atoms with van der Waals surface area (Å²) in [5.74, 6) is 0.811. The Bertz CT molecular complexity index is 722. The van der Waals surface area contributed by atoms with E-state index in [4.69, 9.17) is 0 Å². The number of amides is 1. The van der Waals surface area contributed by atoms with Crippen molar-refractivity contribution in [2.75, 3.05) is 11.1 Å². The molecule has 0 bridgehead atoms. The first-order chi connectivity index (χ1) is 11.4. The lowest BCUT2D eigenvalue weighted by molar-refractivity contribution is -0.115. The Morgan fingerprint density at radius 3 is 2.54 bits per heavy atom. The SMILES string of the molecule is C=C(C)CSc1nnc(S[C@@H](C)C(=O)Nc2c(C)cccc2C)s1. The van der Waals surface area contributed by atoms with Crippen LogP contribution in [0.4, 0.5) is 5.69 Å². The zero-order valence-electron chi connectivity index (χ0n) is 14.3. The average Bonchev–Trinajstić information content (AvgIpc) is 2.96. The number of thioether (sulfide) groups is 2. The van der Waals surface area contributed by atoms with E-state index in [-0.39, 0.29) is 11.2 Å². The highest BCUT2D eigenvalue weighted by atomic mass is 32.2. The molecule has 7 heteroatoms. The molecule has 4 nitrogen and oxygen atoms in total. The lowest BCUT2D eigenvalue weighted by Crippen LogP contribution is -2.23. The summed E-state index contributed by atoms with van der Waals surface area (Å²) in [5, 5.41) is 11.1. The van der Waals surface area contributed by atoms with Crippen LogP contribution < -0.4 is 5.32 Å². The molecule has 1 aromatic heterocycles. The first-order valence-electron chi connectivity index (χ1n) is 7.51. The largest absolute Gasteiger partial charge is 0.325 e. The van der Waals surface area contributed by atoms with Gasteiger partial charge < -0.3 is 5.32 Å². The van der Waals surface area contributed by atoms with Crippen molar-refractivity contribution >= 4 is 46.5 Å². The molecule has 1 amide bonds. The highest BCUT2D eigenvalue weighted by Gasteiger charge is 2.18. The van der Waals surface area contributed by atoms with Crippen LogP contribution in [0, 0.1) is 13.8 Å². The van der Waals surface area contributed by atoms with Crippen LogP contribution in [-0.4, -0.2) is 27.1 Å². The quantitative estimate of drug-likeness (QED) is 0.545. The fraction of sp³-hybridized carbons (Fsp3) is 0.353. The molecule has 1 heterocycles. The minimum absolute atomic E-state index is 0.0243. The van der Waals surface area contributed by atoms with Crippen molar-refractivity contribution in [2.45, 2.75) is 41.6 Å². The van der Waals surface area contributed by atoms with E-state index in [0.29, 0.717) is 0 Å². The van der Waals surface area contributed by atoms with Crippen molar-refractivity contribution in [1.29, 1.82) is 0 Å². The number of carbonyl (C=O) groups excluding carboxylic acids is 1. The molecule has 1 N–H and O–H groups in total. The minimum Gasteiger partial charge on any atom is -0.325 e. The van der Waals surface area contributed by atoms with E-state index in [1.54, 1.807) is 11.8 Å². The van der Waals surface area contributed by atoms with E-state index in [1.165, 1.54) is 23.1 Å². The van der Waals surface area contributed by atoms with Crippen LogP contribution in [0.15, 0.2) is 39.0 Å². The summed E-state index contributed by atoms with van der Waals surface area (Å²) in [4.78, 5) is 12.5. The van der Waals surface area contributed by atoms with Crippen LogP contribution >= 0.6 is 34.9 Å². The first-order valence-corrected chi connectivity index (χ1v) is 10.2. The fourth-order valence-electron chi connectivity index (χ4n) is 1.93. The van der Waals surface area contributed by atoms with Crippen molar-refractivity contribution in [3.63, 3.8) is 0 Å². The second-order valence-corrected chi connectivity index (χ2v) is 9.38. The van der Waals surface area contributed by atoms with E-state index in [2.05, 4.69) is 22.1 Å². The Hall–Kier alpha value is -1.31. The number of nitrogens with one attached hydrogen (secondary N) is 1. The molecule has 0 unspecified atom stereocenters. The molecule has 24 heavy (non-hydrogen) atoms. The molecular formula is C17H21N3OS3. The molecule has 0 aliphatic carbocycles. The Kier molecular flexibility index (Phi) is 6.89. The summed E-state index contributed by atoms with van der Waals surface area (Å²) in [7, 11) is 0. The second kappa shape index (κ2) is 8.69. The molecule has 0 saturated heterocycles. The van der Waals surface area contributed by atoms with Gasteiger partial charge in [-0.15, -0.1) is 10.2 Å². The number of anilines is 1. The molecule has 1 atom stereocenters. The van der Waals surface area contributed by atoms with E-state index in [1.807, 2.05) is 45.9 Å². The Morgan fingerprint density at radius 2 is 1.92 bits per heavy atom. The van der Waals surface area contributed by atoms with Gasteiger partial charge >= 0.3 is 0 Å². The van der Waals surface area contributed by atoms with Crippen molar-refractivity contribution in [2.24, 2.45) is 0 Å². The number of rotatable bonds is 7. The third kappa shape index (κ3) is 5.36. The Labute approximate surface area is 155 Å². The van der Waals surface area contributed by atoms with Gasteiger partial charge in [-0.2, -0.15) is 0 Å². The molecule has 0 saturated carbocycles. The predicted octanol–water partition coefficient (Wildman–Crippen LogP) is 4.94. The molecular weight excluding hydrogens is 358 g/mol. The zero-order chi connectivity index (χ0) is 17.7. The van der Waals surface area contributed by atoms with Crippen LogP contribution in [-0.2, 0) is 4.79 Å². The highest BCUT2D eigenvalue weighted by Crippen LogP contribution is 2.32. The van der Waals surface area contributed by atoms with Gasteiger partial charge in [0.1, 0.15) is 0 Å². The van der Waals surface area contributed by atoms with Crippen LogP contribution in [0.5, 0.6) is 0 Å². The van der Waals surface area contributed by atoms with Gasteiger partial charge in [0.05, 0.1) is 5.25 Å². The maximum atomic E-state index is 12.5. The van der Waals surface area contributed by atoms with E-state index in [0.717, 1.165) is 36.8 Å². The molecule has 1 aromatic carbocycles. The average molecular weight is 380 g/mol. The lowest BCUT2D eigenvalue weighted by atomic mass is 10.1. The summed E-state index contributed by atoms with van der Waals surface area (Å²) >= 11 is 4.57. The smallest absolute Gasteiger partial charge is 0.237 e. The molecule has 0 spiro atoms. The van der Waals surface area contributed by atoms with Crippen LogP contribution in [0.2, 0.25) is 0 Å². The second-order valence-electron chi connectivity index (χ2n) is 5.60. The van der Waals surface area contributed by atoms with Gasteiger partial charge in [-0.3, -0.25) is 4.79 Å². The molecule has 128 valence electrons. The van der Waals surface area contributed by atoms with Gasteiger partial charge in [0, 0.05) is 11.4 Å². The lowest BCUT2D eigenvalue weighted by Gasteiger charge is -2.14. The van der Waals surface area contributed by atoms with E-state index < -0.39 is 0 Å². The maximum absolute atomic E-state index is 12.5. The minimum atomic E-state index is -0.240. The predicted molar refractivity (Wildman–Crippen MR) is 105 cm³/mol. The van der Waals surface area contributed by atoms with Crippen molar-refractivity contribution in [3.8, 4) is 0 Å². The van der Waals surface area contributed by atoms with Crippen molar-refractivity contribution in [1.82, 2.24) is 10.2 Å². The summed E-state index contributed by atoms with van der Waals surface area (Å²) in [6.45, 7) is 11.7. The summed E-state index contributed by atoms with van der Waals surface area (Å²) in [5.41, 5.74) is 4.13. The first kappa shape index (κ1) is 19.0. The molecule has 2 aromatic rings. The summed E-state index contributed by atoms with van der Waals surface area (Å²) in [6.07, 6.45) is 0. The number of aryl methyl sites for hydroxylation is 2. The maximum Gasteiger partial charge on any atom is 0.237 e. The Balaban J connectivity index is 1.95. The van der Waals surface area contributed by atoms with E-state index in [9.17, 15) is 4.79 Å². The van der Waals surface area contributed by atoms with Crippen molar-refractivity contribution < 1.29 is 4.79 Å².